The highest BCUT2D eigenvalue weighted by Gasteiger charge is 2.47. The Labute approximate surface area is 142 Å². The minimum absolute atomic E-state index is 0.113. The fraction of sp³-hybridized carbons (Fsp3) is 0.500. The topological polar surface area (TPSA) is 59.6 Å². The Hall–Kier alpha value is -2.05. The molecule has 6 heteroatoms. The number of hydrazine groups is 1. The number of anilines is 1. The third kappa shape index (κ3) is 2.76. The normalized spacial score (nSPS) is 30.9. The van der Waals surface area contributed by atoms with E-state index in [0.29, 0.717) is 0 Å². The lowest BCUT2D eigenvalue weighted by atomic mass is 9.74. The average Bonchev–Trinajstić information content (AvgIpc) is 2.83. The first-order valence-electron chi connectivity index (χ1n) is 8.74. The van der Waals surface area contributed by atoms with Crippen LogP contribution in [0, 0.1) is 5.41 Å². The zero-order chi connectivity index (χ0) is 16.6. The summed E-state index contributed by atoms with van der Waals surface area (Å²) in [6.45, 7) is 8.75. The lowest BCUT2D eigenvalue weighted by molar-refractivity contribution is 0.127. The number of urea groups is 1. The molecule has 5 rings (SSSR count). The van der Waals surface area contributed by atoms with Crippen molar-refractivity contribution in [3.63, 3.8) is 0 Å². The summed E-state index contributed by atoms with van der Waals surface area (Å²) < 4.78 is 0. The van der Waals surface area contributed by atoms with Crippen LogP contribution in [-0.2, 0) is 0 Å². The Balaban J connectivity index is 1.47. The summed E-state index contributed by atoms with van der Waals surface area (Å²) in [6, 6.07) is 9.27. The van der Waals surface area contributed by atoms with E-state index in [9.17, 15) is 4.79 Å². The predicted molar refractivity (Wildman–Crippen MR) is 94.4 cm³/mol. The molecule has 0 radical (unpaired) electrons. The van der Waals surface area contributed by atoms with Gasteiger partial charge in [-0.3, -0.25) is 15.2 Å². The second-order valence-electron chi connectivity index (χ2n) is 7.10. The van der Waals surface area contributed by atoms with E-state index in [1.165, 1.54) is 11.3 Å². The van der Waals surface area contributed by atoms with E-state index in [1.807, 2.05) is 30.3 Å². The first kappa shape index (κ1) is 15.5. The number of nitrogens with zero attached hydrogens (tertiary/aromatic N) is 2. The van der Waals surface area contributed by atoms with Gasteiger partial charge >= 0.3 is 6.03 Å². The van der Waals surface area contributed by atoms with Crippen molar-refractivity contribution in [2.75, 3.05) is 44.6 Å². The van der Waals surface area contributed by atoms with Crippen molar-refractivity contribution in [2.24, 2.45) is 5.41 Å². The third-order valence-corrected chi connectivity index (χ3v) is 5.51. The number of carbonyl (C=O) groups excluding carboxylic acids is 1. The van der Waals surface area contributed by atoms with E-state index in [1.54, 1.807) is 0 Å². The standard InChI is InChI=1S/C18H25N5O/c1-2-18-12-22-8-9-23(13-18)11-14(10-22)16(18)20-21-17(24)19-15-6-4-3-5-7-15/h3-7,20H,2,8-13H2,1H3,(H2,19,21,24). The maximum Gasteiger partial charge on any atom is 0.337 e. The van der Waals surface area contributed by atoms with E-state index in [4.69, 9.17) is 0 Å². The van der Waals surface area contributed by atoms with Crippen LogP contribution in [-0.4, -0.2) is 55.1 Å². The summed E-state index contributed by atoms with van der Waals surface area (Å²) in [4.78, 5) is 17.3. The van der Waals surface area contributed by atoms with Gasteiger partial charge in [0, 0.05) is 56.1 Å². The van der Waals surface area contributed by atoms with Gasteiger partial charge in [0.25, 0.3) is 0 Å². The summed E-state index contributed by atoms with van der Waals surface area (Å²) in [5.41, 5.74) is 9.68. The number of fused-ring (bicyclic) bond motifs is 1. The van der Waals surface area contributed by atoms with Crippen molar-refractivity contribution in [1.29, 1.82) is 0 Å². The van der Waals surface area contributed by atoms with Crippen LogP contribution in [0.4, 0.5) is 10.5 Å². The van der Waals surface area contributed by atoms with Gasteiger partial charge in [0.1, 0.15) is 0 Å². The summed E-state index contributed by atoms with van der Waals surface area (Å²) in [5, 5.41) is 2.85. The second-order valence-corrected chi connectivity index (χ2v) is 7.10. The lowest BCUT2D eigenvalue weighted by Gasteiger charge is -2.48. The number of hydrogen-bond donors (Lipinski definition) is 3. The number of amides is 2. The van der Waals surface area contributed by atoms with Crippen LogP contribution in [0.3, 0.4) is 0 Å². The predicted octanol–water partition coefficient (Wildman–Crippen LogP) is 1.61. The molecule has 4 aliphatic rings. The van der Waals surface area contributed by atoms with Crippen LogP contribution >= 0.6 is 0 Å². The molecule has 2 unspecified atom stereocenters. The van der Waals surface area contributed by atoms with Crippen molar-refractivity contribution < 1.29 is 4.79 Å². The fourth-order valence-electron chi connectivity index (χ4n) is 4.32. The van der Waals surface area contributed by atoms with Gasteiger partial charge in [-0.1, -0.05) is 25.1 Å². The molecule has 4 heterocycles. The molecule has 3 N–H and O–H groups in total. The fourth-order valence-corrected chi connectivity index (χ4v) is 4.32. The van der Waals surface area contributed by atoms with Crippen LogP contribution in [0.5, 0.6) is 0 Å². The zero-order valence-corrected chi connectivity index (χ0v) is 14.1. The highest BCUT2D eigenvalue weighted by Crippen LogP contribution is 2.42. The Morgan fingerprint density at radius 2 is 1.79 bits per heavy atom. The number of rotatable bonds is 4. The lowest BCUT2D eigenvalue weighted by Crippen LogP contribution is -2.57. The first-order chi connectivity index (χ1) is 11.7. The maximum absolute atomic E-state index is 12.2. The van der Waals surface area contributed by atoms with Crippen LogP contribution in [0.1, 0.15) is 13.3 Å². The van der Waals surface area contributed by atoms with Gasteiger partial charge in [-0.05, 0) is 24.1 Å². The Morgan fingerprint density at radius 1 is 1.12 bits per heavy atom. The minimum Gasteiger partial charge on any atom is -0.307 e. The van der Waals surface area contributed by atoms with Crippen LogP contribution in [0.25, 0.3) is 0 Å². The minimum atomic E-state index is -0.229. The molecule has 0 spiro atoms. The first-order valence-corrected chi connectivity index (χ1v) is 8.74. The monoisotopic (exact) mass is 327 g/mol. The van der Waals surface area contributed by atoms with Gasteiger partial charge < -0.3 is 10.7 Å². The third-order valence-electron chi connectivity index (χ3n) is 5.51. The van der Waals surface area contributed by atoms with Crippen molar-refractivity contribution in [1.82, 2.24) is 20.7 Å². The Kier molecular flexibility index (Phi) is 3.94. The molecular weight excluding hydrogens is 302 g/mol. The number of hydrogen-bond acceptors (Lipinski definition) is 4. The number of benzene rings is 1. The molecule has 4 aliphatic heterocycles. The molecule has 128 valence electrons. The van der Waals surface area contributed by atoms with Gasteiger partial charge in [-0.15, -0.1) is 0 Å². The molecule has 0 aromatic heterocycles. The Bertz CT molecular complexity index is 639. The molecule has 2 atom stereocenters. The molecule has 2 fully saturated rings. The quantitative estimate of drug-likeness (QED) is 0.736. The number of carbonyl (C=O) groups is 1. The molecular formula is C18H25N5O. The van der Waals surface area contributed by atoms with E-state index >= 15 is 0 Å². The van der Waals surface area contributed by atoms with Crippen LogP contribution in [0.15, 0.2) is 41.6 Å². The largest absolute Gasteiger partial charge is 0.337 e. The van der Waals surface area contributed by atoms with Crippen molar-refractivity contribution in [2.45, 2.75) is 13.3 Å². The second kappa shape index (κ2) is 6.11. The van der Waals surface area contributed by atoms with Gasteiger partial charge in [0.15, 0.2) is 0 Å². The van der Waals surface area contributed by atoms with Gasteiger partial charge in [-0.25, -0.2) is 4.79 Å². The molecule has 1 aromatic rings. The van der Waals surface area contributed by atoms with E-state index in [2.05, 4.69) is 32.9 Å². The molecule has 6 nitrogen and oxygen atoms in total. The van der Waals surface area contributed by atoms with Gasteiger partial charge in [-0.2, -0.15) is 0 Å². The average molecular weight is 327 g/mol. The number of nitrogens with one attached hydrogen (secondary N) is 3. The highest BCUT2D eigenvalue weighted by molar-refractivity contribution is 5.88. The maximum atomic E-state index is 12.2. The molecule has 0 aliphatic carbocycles. The number of para-hydroxylation sites is 1. The molecule has 0 saturated carbocycles. The highest BCUT2D eigenvalue weighted by atomic mass is 16.2. The van der Waals surface area contributed by atoms with E-state index in [0.717, 1.165) is 51.4 Å². The molecule has 2 amide bonds. The van der Waals surface area contributed by atoms with Crippen molar-refractivity contribution >= 4 is 11.7 Å². The zero-order valence-electron chi connectivity index (χ0n) is 14.1. The smallest absolute Gasteiger partial charge is 0.307 e. The van der Waals surface area contributed by atoms with Crippen molar-refractivity contribution in [3.05, 3.63) is 41.6 Å². The van der Waals surface area contributed by atoms with Gasteiger partial charge in [0.05, 0.1) is 0 Å². The van der Waals surface area contributed by atoms with Crippen LogP contribution in [0.2, 0.25) is 0 Å². The summed E-state index contributed by atoms with van der Waals surface area (Å²) in [7, 11) is 0. The summed E-state index contributed by atoms with van der Waals surface area (Å²) >= 11 is 0. The Morgan fingerprint density at radius 3 is 2.42 bits per heavy atom. The van der Waals surface area contributed by atoms with E-state index in [-0.39, 0.29) is 11.4 Å². The summed E-state index contributed by atoms with van der Waals surface area (Å²) in [6.07, 6.45) is 1.08. The van der Waals surface area contributed by atoms with Crippen molar-refractivity contribution in [3.8, 4) is 0 Å². The SMILES string of the molecule is CCC12CN3CCN(CC(=C1NNC(=O)Nc1ccccc1)C3)C2. The molecule has 4 bridgehead atoms. The molecule has 1 aromatic carbocycles. The van der Waals surface area contributed by atoms with Gasteiger partial charge in [0.2, 0.25) is 0 Å². The molecule has 24 heavy (non-hydrogen) atoms. The van der Waals surface area contributed by atoms with Crippen LogP contribution < -0.4 is 16.2 Å². The molecule has 2 saturated heterocycles. The van der Waals surface area contributed by atoms with E-state index < -0.39 is 0 Å². The summed E-state index contributed by atoms with van der Waals surface area (Å²) in [5.74, 6) is 0.